The Labute approximate surface area is 112 Å². The Morgan fingerprint density at radius 1 is 1.20 bits per heavy atom. The summed E-state index contributed by atoms with van der Waals surface area (Å²) in [5, 5.41) is 8.90. The van der Waals surface area contributed by atoms with Crippen LogP contribution in [0.3, 0.4) is 0 Å². The molecule has 1 N–H and O–H groups in total. The van der Waals surface area contributed by atoms with Gasteiger partial charge in [0.1, 0.15) is 17.2 Å². The number of benzene rings is 1. The van der Waals surface area contributed by atoms with Crippen molar-refractivity contribution in [2.75, 3.05) is 0 Å². The maximum Gasteiger partial charge on any atom is 0.341 e. The van der Waals surface area contributed by atoms with Crippen LogP contribution < -0.4 is 5.43 Å². The van der Waals surface area contributed by atoms with Crippen LogP contribution >= 0.6 is 0 Å². The van der Waals surface area contributed by atoms with Crippen molar-refractivity contribution >= 4 is 5.97 Å². The molecule has 0 fully saturated rings. The van der Waals surface area contributed by atoms with E-state index in [0.717, 1.165) is 18.2 Å². The molecule has 0 saturated carbocycles. The Hall–Kier alpha value is -2.50. The molecule has 2 rings (SSSR count). The van der Waals surface area contributed by atoms with Gasteiger partial charge in [0.05, 0.1) is 0 Å². The summed E-state index contributed by atoms with van der Waals surface area (Å²) in [6.07, 6.45) is 1.17. The third kappa shape index (κ3) is 2.90. The summed E-state index contributed by atoms with van der Waals surface area (Å²) in [4.78, 5) is 22.4. The first-order valence-corrected chi connectivity index (χ1v) is 5.76. The van der Waals surface area contributed by atoms with Crippen molar-refractivity contribution in [3.05, 3.63) is 69.1 Å². The summed E-state index contributed by atoms with van der Waals surface area (Å²) >= 11 is 0. The molecule has 20 heavy (non-hydrogen) atoms. The average molecular weight is 279 g/mol. The van der Waals surface area contributed by atoms with Crippen LogP contribution in [0.5, 0.6) is 0 Å². The van der Waals surface area contributed by atoms with Gasteiger partial charge in [-0.05, 0) is 24.6 Å². The summed E-state index contributed by atoms with van der Waals surface area (Å²) in [6, 6.07) is 4.24. The van der Waals surface area contributed by atoms with Gasteiger partial charge in [-0.3, -0.25) is 4.79 Å². The second kappa shape index (κ2) is 5.24. The van der Waals surface area contributed by atoms with Gasteiger partial charge in [0.2, 0.25) is 0 Å². The Morgan fingerprint density at radius 3 is 2.35 bits per heavy atom. The minimum absolute atomic E-state index is 0.0705. The molecule has 4 nitrogen and oxygen atoms in total. The van der Waals surface area contributed by atoms with Gasteiger partial charge in [-0.1, -0.05) is 0 Å². The highest BCUT2D eigenvalue weighted by Gasteiger charge is 2.11. The molecule has 104 valence electrons. The predicted octanol–water partition coefficient (Wildman–Crippen LogP) is 2.18. The topological polar surface area (TPSA) is 59.3 Å². The Morgan fingerprint density at radius 2 is 1.80 bits per heavy atom. The Bertz CT molecular complexity index is 717. The molecule has 0 saturated heterocycles. The number of carboxylic acid groups (broad SMARTS) is 1. The SMILES string of the molecule is Cc1cc(=O)c(C(=O)O)cn1Cc1cc(F)cc(F)c1. The number of nitrogens with zero attached hydrogens (tertiary/aromatic N) is 1. The maximum atomic E-state index is 13.1. The van der Waals surface area contributed by atoms with Crippen molar-refractivity contribution in [2.45, 2.75) is 13.5 Å². The number of hydrogen-bond donors (Lipinski definition) is 1. The van der Waals surface area contributed by atoms with Crippen molar-refractivity contribution in [1.29, 1.82) is 0 Å². The number of pyridine rings is 1. The number of aromatic nitrogens is 1. The van der Waals surface area contributed by atoms with Crippen molar-refractivity contribution < 1.29 is 18.7 Å². The van der Waals surface area contributed by atoms with Crippen LogP contribution in [0.2, 0.25) is 0 Å². The Kier molecular flexibility index (Phi) is 3.65. The highest BCUT2D eigenvalue weighted by Crippen LogP contribution is 2.11. The van der Waals surface area contributed by atoms with Gasteiger partial charge >= 0.3 is 5.97 Å². The highest BCUT2D eigenvalue weighted by molar-refractivity contribution is 5.87. The second-order valence-corrected chi connectivity index (χ2v) is 4.40. The smallest absolute Gasteiger partial charge is 0.341 e. The fourth-order valence-corrected chi connectivity index (χ4v) is 1.90. The molecule has 1 heterocycles. The van der Waals surface area contributed by atoms with Crippen LogP contribution in [0.1, 0.15) is 21.6 Å². The fourth-order valence-electron chi connectivity index (χ4n) is 1.90. The van der Waals surface area contributed by atoms with Gasteiger partial charge in [-0.2, -0.15) is 0 Å². The number of carbonyl (C=O) groups is 1. The van der Waals surface area contributed by atoms with Crippen LogP contribution in [0, 0.1) is 18.6 Å². The minimum Gasteiger partial charge on any atom is -0.477 e. The number of aromatic carboxylic acids is 1. The van der Waals surface area contributed by atoms with E-state index in [1.54, 1.807) is 6.92 Å². The number of carboxylic acids is 1. The molecule has 0 amide bonds. The molecule has 1 aromatic carbocycles. The van der Waals surface area contributed by atoms with Crippen molar-refractivity contribution in [2.24, 2.45) is 0 Å². The first-order valence-electron chi connectivity index (χ1n) is 5.76. The van der Waals surface area contributed by atoms with E-state index >= 15 is 0 Å². The summed E-state index contributed by atoms with van der Waals surface area (Å²) in [5.41, 5.74) is -0.139. The molecule has 0 aliphatic rings. The van der Waals surface area contributed by atoms with Crippen molar-refractivity contribution in [3.8, 4) is 0 Å². The summed E-state index contributed by atoms with van der Waals surface area (Å²) in [6.45, 7) is 1.68. The number of rotatable bonds is 3. The van der Waals surface area contributed by atoms with Crippen molar-refractivity contribution in [1.82, 2.24) is 4.57 Å². The Balaban J connectivity index is 2.45. The van der Waals surface area contributed by atoms with Gasteiger partial charge in [0, 0.05) is 30.6 Å². The van der Waals surface area contributed by atoms with E-state index in [1.165, 1.54) is 16.8 Å². The molecule has 0 aliphatic heterocycles. The molecule has 1 aromatic heterocycles. The molecule has 0 aliphatic carbocycles. The van der Waals surface area contributed by atoms with E-state index in [0.29, 0.717) is 11.3 Å². The lowest BCUT2D eigenvalue weighted by atomic mass is 10.2. The van der Waals surface area contributed by atoms with E-state index in [4.69, 9.17) is 5.11 Å². The van der Waals surface area contributed by atoms with Gasteiger partial charge in [0.15, 0.2) is 5.43 Å². The van der Waals surface area contributed by atoms with Gasteiger partial charge in [-0.15, -0.1) is 0 Å². The zero-order valence-corrected chi connectivity index (χ0v) is 10.6. The lowest BCUT2D eigenvalue weighted by molar-refractivity contribution is 0.0694. The summed E-state index contributed by atoms with van der Waals surface area (Å²) in [5.74, 6) is -2.76. The number of aryl methyl sites for hydroxylation is 1. The average Bonchev–Trinajstić information content (AvgIpc) is 2.30. The van der Waals surface area contributed by atoms with Crippen LogP contribution in [-0.2, 0) is 6.54 Å². The first kappa shape index (κ1) is 13.9. The van der Waals surface area contributed by atoms with Crippen LogP contribution in [0.15, 0.2) is 35.3 Å². The lowest BCUT2D eigenvalue weighted by Gasteiger charge is -2.11. The minimum atomic E-state index is -1.34. The first-order chi connectivity index (χ1) is 9.36. The molecule has 2 aromatic rings. The summed E-state index contributed by atoms with van der Waals surface area (Å²) in [7, 11) is 0. The molecule has 0 radical (unpaired) electrons. The third-order valence-electron chi connectivity index (χ3n) is 2.85. The normalized spacial score (nSPS) is 10.6. The highest BCUT2D eigenvalue weighted by atomic mass is 19.1. The second-order valence-electron chi connectivity index (χ2n) is 4.40. The molecular weight excluding hydrogens is 268 g/mol. The molecule has 0 bridgehead atoms. The quantitative estimate of drug-likeness (QED) is 0.936. The van der Waals surface area contributed by atoms with E-state index in [2.05, 4.69) is 0 Å². The number of halogens is 2. The molecular formula is C14H11F2NO3. The monoisotopic (exact) mass is 279 g/mol. The zero-order chi connectivity index (χ0) is 14.9. The lowest BCUT2D eigenvalue weighted by Crippen LogP contribution is -2.19. The van der Waals surface area contributed by atoms with Gasteiger partial charge in [0.25, 0.3) is 0 Å². The standard InChI is InChI=1S/C14H11F2NO3/c1-8-2-13(18)12(14(19)20)7-17(8)6-9-3-10(15)5-11(16)4-9/h2-5,7H,6H2,1H3,(H,19,20). The zero-order valence-electron chi connectivity index (χ0n) is 10.6. The van der Waals surface area contributed by atoms with Crippen molar-refractivity contribution in [3.63, 3.8) is 0 Å². The van der Waals surface area contributed by atoms with Gasteiger partial charge in [-0.25, -0.2) is 13.6 Å². The van der Waals surface area contributed by atoms with E-state index in [9.17, 15) is 18.4 Å². The maximum absolute atomic E-state index is 13.1. The molecule has 0 atom stereocenters. The van der Waals surface area contributed by atoms with E-state index < -0.39 is 23.0 Å². The van der Waals surface area contributed by atoms with Crippen LogP contribution in [0.25, 0.3) is 0 Å². The summed E-state index contributed by atoms with van der Waals surface area (Å²) < 4.78 is 27.7. The molecule has 0 spiro atoms. The van der Waals surface area contributed by atoms with Crippen LogP contribution in [-0.4, -0.2) is 15.6 Å². The molecule has 0 unspecified atom stereocenters. The predicted molar refractivity (Wildman–Crippen MR) is 67.9 cm³/mol. The van der Waals surface area contributed by atoms with E-state index in [1.807, 2.05) is 0 Å². The fraction of sp³-hybridized carbons (Fsp3) is 0.143. The largest absolute Gasteiger partial charge is 0.477 e. The van der Waals surface area contributed by atoms with Gasteiger partial charge < -0.3 is 9.67 Å². The molecule has 6 heteroatoms. The third-order valence-corrected chi connectivity index (χ3v) is 2.85. The van der Waals surface area contributed by atoms with E-state index in [-0.39, 0.29) is 12.1 Å². The number of hydrogen-bond acceptors (Lipinski definition) is 2. The van der Waals surface area contributed by atoms with Crippen LogP contribution in [0.4, 0.5) is 8.78 Å².